The zero-order valence-corrected chi connectivity index (χ0v) is 10.2. The molecule has 1 aliphatic carbocycles. The van der Waals surface area contributed by atoms with Gasteiger partial charge in [0.2, 0.25) is 5.78 Å². The number of benzene rings is 1. The molecule has 1 aromatic rings. The molecule has 2 fully saturated rings. The number of aliphatic carboxylic acids is 1. The molecule has 1 heterocycles. The maximum absolute atomic E-state index is 12.1. The molecule has 1 amide bonds. The molecular weight excluding hydrogens is 246 g/mol. The molecule has 3 unspecified atom stereocenters. The van der Waals surface area contributed by atoms with Gasteiger partial charge in [0.15, 0.2) is 0 Å². The predicted molar refractivity (Wildman–Crippen MR) is 65.5 cm³/mol. The number of carbonyl (C=O) groups is 3. The van der Waals surface area contributed by atoms with E-state index in [2.05, 4.69) is 0 Å². The molecule has 1 saturated heterocycles. The van der Waals surface area contributed by atoms with Crippen LogP contribution in [0.1, 0.15) is 16.8 Å². The van der Waals surface area contributed by atoms with Crippen molar-refractivity contribution in [2.45, 2.75) is 12.5 Å². The van der Waals surface area contributed by atoms with E-state index in [1.807, 2.05) is 0 Å². The summed E-state index contributed by atoms with van der Waals surface area (Å²) in [5, 5.41) is 9.18. The Bertz CT molecular complexity index is 554. The summed E-state index contributed by atoms with van der Waals surface area (Å²) < 4.78 is 0. The Morgan fingerprint density at radius 2 is 1.84 bits per heavy atom. The first-order chi connectivity index (χ1) is 9.09. The molecule has 3 rings (SSSR count). The Kier molecular flexibility index (Phi) is 2.62. The lowest BCUT2D eigenvalue weighted by Gasteiger charge is -2.23. The minimum atomic E-state index is -1.01. The first-order valence-electron chi connectivity index (χ1n) is 6.22. The molecular formula is C14H13NO4. The lowest BCUT2D eigenvalue weighted by atomic mass is 10.1. The number of carbonyl (C=O) groups excluding carboxylic acids is 2. The summed E-state index contributed by atoms with van der Waals surface area (Å²) in [5.74, 6) is -2.06. The number of amides is 1. The van der Waals surface area contributed by atoms with Crippen molar-refractivity contribution in [3.05, 3.63) is 35.9 Å². The van der Waals surface area contributed by atoms with E-state index in [1.165, 1.54) is 4.90 Å². The quantitative estimate of drug-likeness (QED) is 0.643. The molecule has 0 aromatic heterocycles. The molecule has 1 aromatic carbocycles. The predicted octanol–water partition coefficient (Wildman–Crippen LogP) is 0.801. The minimum Gasteiger partial charge on any atom is -0.480 e. The van der Waals surface area contributed by atoms with Crippen molar-refractivity contribution in [3.63, 3.8) is 0 Å². The van der Waals surface area contributed by atoms with Crippen molar-refractivity contribution < 1.29 is 19.5 Å². The average Bonchev–Trinajstić information content (AvgIpc) is 3.07. The van der Waals surface area contributed by atoms with Gasteiger partial charge in [-0.25, -0.2) is 4.79 Å². The highest BCUT2D eigenvalue weighted by atomic mass is 16.4. The van der Waals surface area contributed by atoms with Crippen molar-refractivity contribution in [3.8, 4) is 0 Å². The summed E-state index contributed by atoms with van der Waals surface area (Å²) in [6.07, 6.45) is 0.847. The molecule has 0 bridgehead atoms. The number of hydrogen-bond donors (Lipinski definition) is 1. The van der Waals surface area contributed by atoms with Gasteiger partial charge in [-0.1, -0.05) is 30.3 Å². The number of rotatable bonds is 3. The third-order valence-electron chi connectivity index (χ3n) is 3.89. The maximum atomic E-state index is 12.1. The molecule has 3 atom stereocenters. The number of carboxylic acid groups (broad SMARTS) is 1. The van der Waals surface area contributed by atoms with Crippen LogP contribution in [0.15, 0.2) is 30.3 Å². The van der Waals surface area contributed by atoms with E-state index in [4.69, 9.17) is 0 Å². The second kappa shape index (κ2) is 4.19. The van der Waals surface area contributed by atoms with Crippen LogP contribution in [0.2, 0.25) is 0 Å². The van der Waals surface area contributed by atoms with E-state index in [0.29, 0.717) is 12.1 Å². The summed E-state index contributed by atoms with van der Waals surface area (Å²) in [4.78, 5) is 36.6. The van der Waals surface area contributed by atoms with Gasteiger partial charge in [-0.15, -0.1) is 0 Å². The third-order valence-corrected chi connectivity index (χ3v) is 3.89. The Hall–Kier alpha value is -2.17. The van der Waals surface area contributed by atoms with Crippen molar-refractivity contribution in [2.75, 3.05) is 6.54 Å². The highest BCUT2D eigenvalue weighted by molar-refractivity contribution is 6.43. The number of fused-ring (bicyclic) bond motifs is 1. The molecule has 19 heavy (non-hydrogen) atoms. The van der Waals surface area contributed by atoms with Gasteiger partial charge < -0.3 is 10.0 Å². The first kappa shape index (κ1) is 11.9. The summed E-state index contributed by atoms with van der Waals surface area (Å²) in [6.45, 7) is 0.388. The molecule has 0 spiro atoms. The largest absolute Gasteiger partial charge is 0.480 e. The van der Waals surface area contributed by atoms with Gasteiger partial charge in [-0.3, -0.25) is 9.59 Å². The van der Waals surface area contributed by atoms with Crippen LogP contribution in [0.3, 0.4) is 0 Å². The van der Waals surface area contributed by atoms with Crippen molar-refractivity contribution in [1.82, 2.24) is 4.90 Å². The van der Waals surface area contributed by atoms with E-state index in [-0.39, 0.29) is 11.8 Å². The summed E-state index contributed by atoms with van der Waals surface area (Å²) in [5.41, 5.74) is 0.303. The number of carboxylic acids is 1. The second-order valence-electron chi connectivity index (χ2n) is 5.10. The molecule has 5 nitrogen and oxygen atoms in total. The maximum Gasteiger partial charge on any atom is 0.326 e. The lowest BCUT2D eigenvalue weighted by molar-refractivity contribution is -0.147. The SMILES string of the molecule is O=C(C(=O)N1CC2CC2C1C(=O)O)c1ccccc1. The number of piperidine rings is 1. The standard InChI is InChI=1S/C14H13NO4/c16-12(8-4-2-1-3-5-8)13(17)15-7-9-6-10(9)11(15)14(18)19/h1-5,9-11H,6-7H2,(H,18,19). The van der Waals surface area contributed by atoms with Crippen LogP contribution in [0.4, 0.5) is 0 Å². The summed E-state index contributed by atoms with van der Waals surface area (Å²) in [6, 6.07) is 7.41. The van der Waals surface area contributed by atoms with Crippen molar-refractivity contribution >= 4 is 17.7 Å². The van der Waals surface area contributed by atoms with E-state index >= 15 is 0 Å². The molecule has 5 heteroatoms. The van der Waals surface area contributed by atoms with Crippen molar-refractivity contribution in [2.24, 2.45) is 11.8 Å². The highest BCUT2D eigenvalue weighted by Crippen LogP contribution is 2.49. The second-order valence-corrected chi connectivity index (χ2v) is 5.10. The highest BCUT2D eigenvalue weighted by Gasteiger charge is 2.57. The number of nitrogens with zero attached hydrogens (tertiary/aromatic N) is 1. The molecule has 1 N–H and O–H groups in total. The number of hydrogen-bond acceptors (Lipinski definition) is 3. The van der Waals surface area contributed by atoms with E-state index in [9.17, 15) is 19.5 Å². The van der Waals surface area contributed by atoms with Crippen LogP contribution in [0.5, 0.6) is 0 Å². The van der Waals surface area contributed by atoms with Crippen LogP contribution in [-0.4, -0.2) is 40.3 Å². The topological polar surface area (TPSA) is 74.7 Å². The van der Waals surface area contributed by atoms with Crippen LogP contribution in [0.25, 0.3) is 0 Å². The van der Waals surface area contributed by atoms with Gasteiger partial charge in [0.1, 0.15) is 6.04 Å². The van der Waals surface area contributed by atoms with Gasteiger partial charge >= 0.3 is 5.97 Å². The monoisotopic (exact) mass is 259 g/mol. The Labute approximate surface area is 109 Å². The summed E-state index contributed by atoms with van der Waals surface area (Å²) >= 11 is 0. The molecule has 1 aliphatic heterocycles. The van der Waals surface area contributed by atoms with Gasteiger partial charge in [-0.2, -0.15) is 0 Å². The Morgan fingerprint density at radius 3 is 2.47 bits per heavy atom. The fourth-order valence-corrected chi connectivity index (χ4v) is 2.83. The fourth-order valence-electron chi connectivity index (χ4n) is 2.83. The van der Waals surface area contributed by atoms with E-state index in [1.54, 1.807) is 30.3 Å². The van der Waals surface area contributed by atoms with Gasteiger partial charge in [0.05, 0.1) is 0 Å². The van der Waals surface area contributed by atoms with Gasteiger partial charge in [0.25, 0.3) is 5.91 Å². The van der Waals surface area contributed by atoms with E-state index < -0.39 is 23.7 Å². The Balaban J connectivity index is 1.81. The van der Waals surface area contributed by atoms with Crippen molar-refractivity contribution in [1.29, 1.82) is 0 Å². The molecule has 1 saturated carbocycles. The number of Topliss-reactive ketones (excluding diaryl/α,β-unsaturated/α-hetero) is 1. The molecule has 2 aliphatic rings. The number of likely N-dealkylation sites (tertiary alicyclic amines) is 1. The van der Waals surface area contributed by atoms with Crippen LogP contribution < -0.4 is 0 Å². The normalized spacial score (nSPS) is 27.8. The Morgan fingerprint density at radius 1 is 1.16 bits per heavy atom. The number of ketones is 1. The minimum absolute atomic E-state index is 0.0324. The first-order valence-corrected chi connectivity index (χ1v) is 6.22. The van der Waals surface area contributed by atoms with Gasteiger partial charge in [-0.05, 0) is 18.3 Å². The van der Waals surface area contributed by atoms with Crippen LogP contribution in [-0.2, 0) is 9.59 Å². The van der Waals surface area contributed by atoms with Gasteiger partial charge in [0, 0.05) is 12.1 Å². The third kappa shape index (κ3) is 1.91. The zero-order valence-electron chi connectivity index (χ0n) is 10.2. The average molecular weight is 259 g/mol. The van der Waals surface area contributed by atoms with Crippen LogP contribution >= 0.6 is 0 Å². The smallest absolute Gasteiger partial charge is 0.326 e. The zero-order chi connectivity index (χ0) is 13.6. The van der Waals surface area contributed by atoms with Crippen LogP contribution in [0, 0.1) is 11.8 Å². The van der Waals surface area contributed by atoms with E-state index in [0.717, 1.165) is 6.42 Å². The summed E-state index contributed by atoms with van der Waals surface area (Å²) in [7, 11) is 0. The molecule has 0 radical (unpaired) electrons. The lowest BCUT2D eigenvalue weighted by Crippen LogP contribution is -2.46. The fraction of sp³-hybridized carbons (Fsp3) is 0.357. The molecule has 98 valence electrons.